The minimum Gasteiger partial charge on any atom is -0.466 e. The van der Waals surface area contributed by atoms with Crippen LogP contribution in [-0.2, 0) is 9.53 Å². The number of esters is 1. The number of nitrogens with one attached hydrogen (secondary N) is 2. The third-order valence-electron chi connectivity index (χ3n) is 5.64. The molecule has 0 radical (unpaired) electrons. The molecule has 2 N–H and O–H groups in total. The lowest BCUT2D eigenvalue weighted by Gasteiger charge is -2.31. The third kappa shape index (κ3) is 3.26. The van der Waals surface area contributed by atoms with E-state index < -0.39 is 23.4 Å². The molecule has 2 atom stereocenters. The average Bonchev–Trinajstić information content (AvgIpc) is 3.47. The minimum atomic E-state index is -0.800. The Kier molecular flexibility index (Phi) is 4.71. The number of urea groups is 1. The molecule has 2 aromatic rings. The van der Waals surface area contributed by atoms with Crippen LogP contribution in [-0.4, -0.2) is 53.5 Å². The maximum Gasteiger partial charge on any atom is 0.338 e. The van der Waals surface area contributed by atoms with Gasteiger partial charge in [0.05, 0.1) is 18.2 Å². The van der Waals surface area contributed by atoms with E-state index in [0.717, 1.165) is 0 Å². The summed E-state index contributed by atoms with van der Waals surface area (Å²) in [6, 6.07) is 2.94. The Morgan fingerprint density at radius 2 is 2.29 bits per heavy atom. The molecule has 2 saturated heterocycles. The number of nitrogens with zero attached hydrogens (tertiary/aromatic N) is 3. The van der Waals surface area contributed by atoms with Gasteiger partial charge in [0.1, 0.15) is 11.9 Å². The van der Waals surface area contributed by atoms with Crippen molar-refractivity contribution >= 4 is 40.8 Å². The molecule has 31 heavy (non-hydrogen) atoms. The summed E-state index contributed by atoms with van der Waals surface area (Å²) in [5, 5.41) is 8.43. The number of halogens is 2. The predicted molar refractivity (Wildman–Crippen MR) is 112 cm³/mol. The number of amidine groups is 1. The number of fused-ring (bicyclic) bond motifs is 1. The molecule has 1 aromatic heterocycles. The van der Waals surface area contributed by atoms with E-state index in [0.29, 0.717) is 47.2 Å². The van der Waals surface area contributed by atoms with Crippen LogP contribution in [0.4, 0.5) is 9.18 Å². The summed E-state index contributed by atoms with van der Waals surface area (Å²) in [4.78, 5) is 36.0. The van der Waals surface area contributed by atoms with E-state index in [1.807, 2.05) is 10.3 Å². The van der Waals surface area contributed by atoms with Crippen molar-refractivity contribution in [2.24, 2.45) is 4.99 Å². The number of aliphatic imine (C=N–C) groups is 1. The maximum absolute atomic E-state index is 13.7. The maximum atomic E-state index is 13.7. The van der Waals surface area contributed by atoms with Crippen molar-refractivity contribution in [3.05, 3.63) is 62.5 Å². The van der Waals surface area contributed by atoms with Crippen LogP contribution in [0, 0.1) is 5.82 Å². The van der Waals surface area contributed by atoms with Crippen molar-refractivity contribution in [1.82, 2.24) is 20.5 Å². The van der Waals surface area contributed by atoms with Crippen LogP contribution >= 0.6 is 22.9 Å². The minimum absolute atomic E-state index is 0.159. The van der Waals surface area contributed by atoms with Gasteiger partial charge < -0.3 is 20.3 Å². The Morgan fingerprint density at radius 1 is 1.45 bits per heavy atom. The first kappa shape index (κ1) is 20.0. The molecule has 160 valence electrons. The van der Waals surface area contributed by atoms with Gasteiger partial charge in [0.2, 0.25) is 0 Å². The highest BCUT2D eigenvalue weighted by atomic mass is 35.5. The molecule has 1 unspecified atom stereocenters. The first-order valence-corrected chi connectivity index (χ1v) is 10.7. The third-order valence-corrected chi connectivity index (χ3v) is 6.73. The molecular formula is C20H17ClFN5O3S. The summed E-state index contributed by atoms with van der Waals surface area (Å²) in [5.41, 5.74) is 0.889. The lowest BCUT2D eigenvalue weighted by atomic mass is 9.92. The average molecular weight is 462 g/mol. The Bertz CT molecular complexity index is 1150. The van der Waals surface area contributed by atoms with Crippen molar-refractivity contribution in [3.63, 3.8) is 0 Å². The van der Waals surface area contributed by atoms with E-state index in [4.69, 9.17) is 21.3 Å². The predicted octanol–water partition coefficient (Wildman–Crippen LogP) is 2.62. The van der Waals surface area contributed by atoms with E-state index in [-0.39, 0.29) is 11.1 Å². The number of thiazole rings is 1. The van der Waals surface area contributed by atoms with Gasteiger partial charge >= 0.3 is 12.0 Å². The highest BCUT2D eigenvalue weighted by molar-refractivity contribution is 7.11. The van der Waals surface area contributed by atoms with Crippen LogP contribution in [0.5, 0.6) is 0 Å². The van der Waals surface area contributed by atoms with Crippen molar-refractivity contribution in [3.8, 4) is 0 Å². The largest absolute Gasteiger partial charge is 0.466 e. The normalized spacial score (nSPS) is 24.7. The first-order chi connectivity index (χ1) is 14.9. The molecule has 4 heterocycles. The Labute approximate surface area is 185 Å². The summed E-state index contributed by atoms with van der Waals surface area (Å²) in [6.07, 6.45) is 2.07. The molecule has 3 aliphatic rings. The summed E-state index contributed by atoms with van der Waals surface area (Å²) in [5.74, 6) is -0.468. The number of aromatic nitrogens is 1. The second-order valence-electron chi connectivity index (χ2n) is 7.56. The fourth-order valence-electron chi connectivity index (χ4n) is 4.30. The smallest absolute Gasteiger partial charge is 0.338 e. The van der Waals surface area contributed by atoms with E-state index in [9.17, 15) is 14.0 Å². The van der Waals surface area contributed by atoms with Crippen LogP contribution < -0.4 is 10.6 Å². The zero-order valence-corrected chi connectivity index (χ0v) is 17.9. The number of benzene rings is 1. The summed E-state index contributed by atoms with van der Waals surface area (Å²) in [7, 11) is 1.30. The van der Waals surface area contributed by atoms with Gasteiger partial charge in [0.15, 0.2) is 10.8 Å². The molecular weight excluding hydrogens is 445 g/mol. The number of methoxy groups -OCH3 is 1. The van der Waals surface area contributed by atoms with Gasteiger partial charge in [-0.1, -0.05) is 17.7 Å². The molecule has 0 bridgehead atoms. The standard InChI is InChI=1S/C20H17ClFN5O3S/c1-30-18(28)14-13-7-20(8-24-19(29)26-20)9-27(13)16(17-23-4-5-31-17)25-15(14)11-3-2-10(22)6-12(11)21/h2-6,15H,7-9H2,1H3,(H2,24,26,29)/t15-,20?/m0/s1. The second kappa shape index (κ2) is 7.31. The van der Waals surface area contributed by atoms with Gasteiger partial charge in [-0.15, -0.1) is 11.3 Å². The van der Waals surface area contributed by atoms with Crippen molar-refractivity contribution in [1.29, 1.82) is 0 Å². The molecule has 0 aliphatic carbocycles. The van der Waals surface area contributed by atoms with Gasteiger partial charge in [-0.2, -0.15) is 0 Å². The quantitative estimate of drug-likeness (QED) is 0.685. The van der Waals surface area contributed by atoms with E-state index in [2.05, 4.69) is 15.6 Å². The van der Waals surface area contributed by atoms with Crippen LogP contribution in [0.3, 0.4) is 0 Å². The topological polar surface area (TPSA) is 95.9 Å². The van der Waals surface area contributed by atoms with E-state index >= 15 is 0 Å². The Hall–Kier alpha value is -2.98. The molecule has 5 rings (SSSR count). The number of ether oxygens (including phenoxy) is 1. The van der Waals surface area contributed by atoms with Gasteiger partial charge in [-0.3, -0.25) is 4.99 Å². The molecule has 8 nitrogen and oxygen atoms in total. The zero-order valence-electron chi connectivity index (χ0n) is 16.3. The van der Waals surface area contributed by atoms with Crippen LogP contribution in [0.2, 0.25) is 5.02 Å². The molecule has 2 fully saturated rings. The molecule has 1 aromatic carbocycles. The number of carbonyl (C=O) groups is 2. The number of rotatable bonds is 3. The van der Waals surface area contributed by atoms with E-state index in [1.165, 1.54) is 36.6 Å². The molecule has 0 saturated carbocycles. The number of hydrogen-bond donors (Lipinski definition) is 2. The second-order valence-corrected chi connectivity index (χ2v) is 8.86. The van der Waals surface area contributed by atoms with Gasteiger partial charge in [0, 0.05) is 47.4 Å². The van der Waals surface area contributed by atoms with Crippen molar-refractivity contribution in [2.45, 2.75) is 18.0 Å². The van der Waals surface area contributed by atoms with Crippen molar-refractivity contribution in [2.75, 3.05) is 20.2 Å². The SMILES string of the molecule is COC(=O)C1=C2CC3(CNC(=O)N3)CN2C(c2nccs2)=N[C@H]1c1ccc(F)cc1Cl. The highest BCUT2D eigenvalue weighted by Crippen LogP contribution is 2.45. The van der Waals surface area contributed by atoms with Gasteiger partial charge in [-0.25, -0.2) is 19.0 Å². The summed E-state index contributed by atoms with van der Waals surface area (Å²) < 4.78 is 18.8. The highest BCUT2D eigenvalue weighted by Gasteiger charge is 2.51. The first-order valence-electron chi connectivity index (χ1n) is 9.48. The summed E-state index contributed by atoms with van der Waals surface area (Å²) >= 11 is 7.76. The molecule has 1 spiro atoms. The van der Waals surface area contributed by atoms with Crippen molar-refractivity contribution < 1.29 is 18.7 Å². The molecule has 2 amide bonds. The number of hydrogen-bond acceptors (Lipinski definition) is 7. The van der Waals surface area contributed by atoms with Gasteiger partial charge in [-0.05, 0) is 12.1 Å². The number of carbonyl (C=O) groups excluding carboxylic acids is 2. The van der Waals surface area contributed by atoms with E-state index in [1.54, 1.807) is 6.20 Å². The molecule has 11 heteroatoms. The lowest BCUT2D eigenvalue weighted by Crippen LogP contribution is -2.47. The molecule has 3 aliphatic heterocycles. The number of amides is 2. The fourth-order valence-corrected chi connectivity index (χ4v) is 5.21. The van der Waals surface area contributed by atoms with Crippen LogP contribution in [0.25, 0.3) is 0 Å². The Balaban J connectivity index is 1.71. The summed E-state index contributed by atoms with van der Waals surface area (Å²) in [6.45, 7) is 0.831. The fraction of sp³-hybridized carbons (Fsp3) is 0.300. The van der Waals surface area contributed by atoms with Crippen LogP contribution in [0.15, 0.2) is 46.0 Å². The Morgan fingerprint density at radius 3 is 2.94 bits per heavy atom. The lowest BCUT2D eigenvalue weighted by molar-refractivity contribution is -0.136. The van der Waals surface area contributed by atoms with Gasteiger partial charge in [0.25, 0.3) is 0 Å². The zero-order chi connectivity index (χ0) is 21.8. The van der Waals surface area contributed by atoms with Crippen LogP contribution in [0.1, 0.15) is 23.0 Å². The monoisotopic (exact) mass is 461 g/mol.